The minimum Gasteiger partial charge on any atom is -0.493 e. The molecule has 2 N–H and O–H groups in total. The summed E-state index contributed by atoms with van der Waals surface area (Å²) < 4.78 is 6.62. The normalized spacial score (nSPS) is 10.4. The average molecular weight is 289 g/mol. The van der Waals surface area contributed by atoms with Crippen LogP contribution < -0.4 is 21.3 Å². The lowest BCUT2D eigenvalue weighted by Gasteiger charge is -2.11. The van der Waals surface area contributed by atoms with Gasteiger partial charge in [0.25, 0.3) is 5.56 Å². The molecule has 6 heteroatoms. The van der Waals surface area contributed by atoms with E-state index in [0.29, 0.717) is 12.4 Å². The van der Waals surface area contributed by atoms with Gasteiger partial charge in [0.15, 0.2) is 0 Å². The molecule has 112 valence electrons. The minimum atomic E-state index is -0.454. The molecule has 2 rings (SSSR count). The summed E-state index contributed by atoms with van der Waals surface area (Å²) in [7, 11) is 1.43. The van der Waals surface area contributed by atoms with Crippen LogP contribution in [0.4, 0.5) is 11.5 Å². The molecule has 0 aliphatic carbocycles. The van der Waals surface area contributed by atoms with Crippen LogP contribution in [0.25, 0.3) is 0 Å². The number of aromatic amines is 1. The predicted octanol–water partition coefficient (Wildman–Crippen LogP) is 1.91. The van der Waals surface area contributed by atoms with Crippen LogP contribution in [-0.2, 0) is 7.05 Å². The van der Waals surface area contributed by atoms with Crippen LogP contribution in [0, 0.1) is 6.92 Å². The molecule has 0 radical (unpaired) electrons. The number of hydrogen-bond acceptors (Lipinski definition) is 4. The Morgan fingerprint density at radius 1 is 1.29 bits per heavy atom. The van der Waals surface area contributed by atoms with Gasteiger partial charge in [0, 0.05) is 18.8 Å². The molecule has 1 aromatic carbocycles. The fourth-order valence-corrected chi connectivity index (χ4v) is 1.88. The third-order valence-corrected chi connectivity index (χ3v) is 3.06. The Labute approximate surface area is 122 Å². The third-order valence-electron chi connectivity index (χ3n) is 3.06. The van der Waals surface area contributed by atoms with Gasteiger partial charge < -0.3 is 10.1 Å². The molecule has 1 aromatic heterocycles. The van der Waals surface area contributed by atoms with Crippen molar-refractivity contribution in [1.82, 2.24) is 9.55 Å². The third kappa shape index (κ3) is 3.53. The Bertz CT molecular complexity index is 715. The molecule has 2 aromatic rings. The van der Waals surface area contributed by atoms with Crippen LogP contribution in [-0.4, -0.2) is 16.2 Å². The Hall–Kier alpha value is -2.50. The summed E-state index contributed by atoms with van der Waals surface area (Å²) in [5, 5.41) is 3.01. The van der Waals surface area contributed by atoms with Gasteiger partial charge in [-0.2, -0.15) is 0 Å². The van der Waals surface area contributed by atoms with Gasteiger partial charge in [-0.15, -0.1) is 0 Å². The average Bonchev–Trinajstić information content (AvgIpc) is 2.44. The molecule has 0 spiro atoms. The van der Waals surface area contributed by atoms with Gasteiger partial charge in [0.05, 0.1) is 6.61 Å². The smallest absolute Gasteiger partial charge is 0.329 e. The second kappa shape index (κ2) is 6.30. The number of aryl methyl sites for hydroxylation is 1. The number of benzene rings is 1. The fraction of sp³-hybridized carbons (Fsp3) is 0.333. The van der Waals surface area contributed by atoms with Crippen molar-refractivity contribution >= 4 is 11.5 Å². The lowest BCUT2D eigenvalue weighted by molar-refractivity contribution is 0.315. The maximum absolute atomic E-state index is 11.6. The monoisotopic (exact) mass is 289 g/mol. The first-order valence-corrected chi connectivity index (χ1v) is 6.82. The van der Waals surface area contributed by atoms with Crippen molar-refractivity contribution in [3.8, 4) is 5.75 Å². The number of H-pyrrole nitrogens is 1. The molecule has 0 atom stereocenters. The summed E-state index contributed by atoms with van der Waals surface area (Å²) in [6.07, 6.45) is 0.952. The van der Waals surface area contributed by atoms with E-state index in [1.807, 2.05) is 25.1 Å². The summed E-state index contributed by atoms with van der Waals surface area (Å²) in [6.45, 7) is 4.68. The lowest BCUT2D eigenvalue weighted by Crippen LogP contribution is -2.32. The first kappa shape index (κ1) is 14.9. The first-order chi connectivity index (χ1) is 10.0. The van der Waals surface area contributed by atoms with Gasteiger partial charge in [0.2, 0.25) is 0 Å². The molecule has 0 amide bonds. The number of rotatable bonds is 5. The van der Waals surface area contributed by atoms with Crippen molar-refractivity contribution < 1.29 is 4.74 Å². The van der Waals surface area contributed by atoms with Crippen molar-refractivity contribution in [3.63, 3.8) is 0 Å². The molecular formula is C15H19N3O3. The van der Waals surface area contributed by atoms with Crippen molar-refractivity contribution in [2.75, 3.05) is 11.9 Å². The van der Waals surface area contributed by atoms with Gasteiger partial charge in [-0.25, -0.2) is 4.79 Å². The molecular weight excluding hydrogens is 270 g/mol. The highest BCUT2D eigenvalue weighted by atomic mass is 16.5. The van der Waals surface area contributed by atoms with Gasteiger partial charge in [-0.3, -0.25) is 14.3 Å². The van der Waals surface area contributed by atoms with Crippen LogP contribution in [0.3, 0.4) is 0 Å². The van der Waals surface area contributed by atoms with Gasteiger partial charge in [0.1, 0.15) is 11.6 Å². The molecule has 0 saturated heterocycles. The largest absolute Gasteiger partial charge is 0.493 e. The molecule has 0 aliphatic heterocycles. The molecule has 1 heterocycles. The molecule has 0 unspecified atom stereocenters. The zero-order valence-electron chi connectivity index (χ0n) is 12.4. The SMILES string of the molecule is CCCOc1ccc(Nc2cc(=O)n(C)c(=O)[nH]2)cc1C. The molecule has 6 nitrogen and oxygen atoms in total. The highest BCUT2D eigenvalue weighted by Gasteiger charge is 2.04. The summed E-state index contributed by atoms with van der Waals surface area (Å²) in [4.78, 5) is 25.7. The van der Waals surface area contributed by atoms with E-state index in [1.165, 1.54) is 13.1 Å². The second-order valence-corrected chi connectivity index (χ2v) is 4.84. The number of nitrogens with zero attached hydrogens (tertiary/aromatic N) is 1. The van der Waals surface area contributed by atoms with Crippen LogP contribution in [0.5, 0.6) is 5.75 Å². The first-order valence-electron chi connectivity index (χ1n) is 6.82. The quantitative estimate of drug-likeness (QED) is 0.881. The van der Waals surface area contributed by atoms with E-state index in [4.69, 9.17) is 4.74 Å². The molecule has 0 aliphatic rings. The topological polar surface area (TPSA) is 76.1 Å². The maximum atomic E-state index is 11.6. The van der Waals surface area contributed by atoms with E-state index in [1.54, 1.807) is 0 Å². The summed E-state index contributed by atoms with van der Waals surface area (Å²) in [5.41, 5.74) is 0.949. The summed E-state index contributed by atoms with van der Waals surface area (Å²) in [6, 6.07) is 6.96. The predicted molar refractivity (Wildman–Crippen MR) is 82.6 cm³/mol. The molecule has 0 fully saturated rings. The van der Waals surface area contributed by atoms with E-state index >= 15 is 0 Å². The number of aromatic nitrogens is 2. The minimum absolute atomic E-state index is 0.360. The Kier molecular flexibility index (Phi) is 4.47. The Balaban J connectivity index is 2.22. The van der Waals surface area contributed by atoms with E-state index < -0.39 is 5.69 Å². The number of anilines is 2. The fourth-order valence-electron chi connectivity index (χ4n) is 1.88. The second-order valence-electron chi connectivity index (χ2n) is 4.84. The number of nitrogens with one attached hydrogen (secondary N) is 2. The highest BCUT2D eigenvalue weighted by molar-refractivity contribution is 5.58. The highest BCUT2D eigenvalue weighted by Crippen LogP contribution is 2.23. The Morgan fingerprint density at radius 2 is 2.05 bits per heavy atom. The van der Waals surface area contributed by atoms with Crippen LogP contribution >= 0.6 is 0 Å². The van der Waals surface area contributed by atoms with Gasteiger partial charge >= 0.3 is 5.69 Å². The zero-order chi connectivity index (χ0) is 15.4. The van der Waals surface area contributed by atoms with Crippen molar-refractivity contribution in [2.45, 2.75) is 20.3 Å². The van der Waals surface area contributed by atoms with E-state index in [0.717, 1.165) is 28.0 Å². The van der Waals surface area contributed by atoms with Crippen LogP contribution in [0.2, 0.25) is 0 Å². The van der Waals surface area contributed by atoms with Crippen molar-refractivity contribution in [1.29, 1.82) is 0 Å². The lowest BCUT2D eigenvalue weighted by atomic mass is 10.2. The van der Waals surface area contributed by atoms with E-state index in [2.05, 4.69) is 17.2 Å². The van der Waals surface area contributed by atoms with Crippen molar-refractivity contribution in [2.24, 2.45) is 7.05 Å². The Morgan fingerprint density at radius 3 is 2.67 bits per heavy atom. The van der Waals surface area contributed by atoms with E-state index in [-0.39, 0.29) is 5.56 Å². The van der Waals surface area contributed by atoms with Gasteiger partial charge in [-0.05, 0) is 37.1 Å². The van der Waals surface area contributed by atoms with Crippen molar-refractivity contribution in [3.05, 3.63) is 50.7 Å². The molecule has 21 heavy (non-hydrogen) atoms. The van der Waals surface area contributed by atoms with E-state index in [9.17, 15) is 9.59 Å². The number of ether oxygens (including phenoxy) is 1. The summed E-state index contributed by atoms with van der Waals surface area (Å²) in [5.74, 6) is 1.20. The summed E-state index contributed by atoms with van der Waals surface area (Å²) >= 11 is 0. The standard InChI is InChI=1S/C15H19N3O3/c1-4-7-21-12-6-5-11(8-10(12)2)16-13-9-14(19)18(3)15(20)17-13/h5-6,8-9,16H,4,7H2,1-3H3,(H,17,20). The zero-order valence-corrected chi connectivity index (χ0v) is 12.4. The molecule has 0 bridgehead atoms. The maximum Gasteiger partial charge on any atom is 0.329 e. The van der Waals surface area contributed by atoms with Crippen LogP contribution in [0.15, 0.2) is 33.9 Å². The molecule has 0 saturated carbocycles. The number of hydrogen-bond donors (Lipinski definition) is 2. The van der Waals surface area contributed by atoms with Crippen LogP contribution in [0.1, 0.15) is 18.9 Å². The van der Waals surface area contributed by atoms with Gasteiger partial charge in [-0.1, -0.05) is 6.92 Å².